The molecule has 0 aliphatic rings. The Morgan fingerprint density at radius 3 is 1.00 bits per heavy atom. The number of hydrogen-bond acceptors (Lipinski definition) is 3. The van der Waals surface area contributed by atoms with E-state index in [0.29, 0.717) is 17.7 Å². The third kappa shape index (κ3) is 5.41. The van der Waals surface area contributed by atoms with Crippen molar-refractivity contribution in [2.45, 2.75) is 0 Å². The zero-order chi connectivity index (χ0) is 41.4. The second kappa shape index (κ2) is 14.0. The predicted molar refractivity (Wildman–Crippen MR) is 261 cm³/mol. The highest BCUT2D eigenvalue weighted by Gasteiger charge is 2.21. The van der Waals surface area contributed by atoms with Crippen LogP contribution in [0, 0.1) is 0 Å². The van der Waals surface area contributed by atoms with E-state index in [1.165, 1.54) is 32.6 Å². The minimum Gasteiger partial charge on any atom is -0.309 e. The maximum Gasteiger partial charge on any atom is 0.240 e. The number of benzene rings is 9. The molecule has 6 heteroatoms. The molecule has 0 bridgehead atoms. The van der Waals surface area contributed by atoms with Gasteiger partial charge in [0.1, 0.15) is 0 Å². The van der Waals surface area contributed by atoms with Crippen LogP contribution in [0.5, 0.6) is 0 Å². The Kier molecular flexibility index (Phi) is 7.80. The Labute approximate surface area is 361 Å². The quantitative estimate of drug-likeness (QED) is 0.178. The van der Waals surface area contributed by atoms with Crippen molar-refractivity contribution < 1.29 is 0 Å². The van der Waals surface area contributed by atoms with E-state index in [1.54, 1.807) is 0 Å². The molecule has 4 heterocycles. The third-order valence-corrected chi connectivity index (χ3v) is 12.6. The van der Waals surface area contributed by atoms with Gasteiger partial charge in [-0.2, -0.15) is 15.0 Å². The molecule has 0 atom stereocenters. The molecule has 6 nitrogen and oxygen atoms in total. The van der Waals surface area contributed by atoms with Crippen LogP contribution in [0.3, 0.4) is 0 Å². The number of para-hydroxylation sites is 5. The second-order valence-electron chi connectivity index (χ2n) is 16.0. The van der Waals surface area contributed by atoms with Crippen molar-refractivity contribution in [2.24, 2.45) is 0 Å². The molecular weight excluding hydrogens is 769 g/mol. The molecule has 0 aliphatic heterocycles. The van der Waals surface area contributed by atoms with E-state index in [-0.39, 0.29) is 0 Å². The molecule has 0 N–H and O–H groups in total. The van der Waals surface area contributed by atoms with Crippen LogP contribution >= 0.6 is 0 Å². The summed E-state index contributed by atoms with van der Waals surface area (Å²) in [6, 6.07) is 77.5. The van der Waals surface area contributed by atoms with Gasteiger partial charge < -0.3 is 4.57 Å². The number of nitrogens with zero attached hydrogens (tertiary/aromatic N) is 6. The maximum absolute atomic E-state index is 5.55. The summed E-state index contributed by atoms with van der Waals surface area (Å²) in [5.41, 5.74) is 8.30. The lowest BCUT2D eigenvalue weighted by molar-refractivity contribution is 0.891. The Hall–Kier alpha value is -8.61. The van der Waals surface area contributed by atoms with Crippen LogP contribution in [0.2, 0.25) is 0 Å². The van der Waals surface area contributed by atoms with Gasteiger partial charge in [0.25, 0.3) is 0 Å². The molecule has 9 aromatic carbocycles. The van der Waals surface area contributed by atoms with Crippen molar-refractivity contribution in [2.75, 3.05) is 0 Å². The average molecular weight is 805 g/mol. The molecule has 0 saturated heterocycles. The second-order valence-corrected chi connectivity index (χ2v) is 16.0. The van der Waals surface area contributed by atoms with Gasteiger partial charge in [-0.25, -0.2) is 0 Å². The third-order valence-electron chi connectivity index (χ3n) is 12.6. The van der Waals surface area contributed by atoms with Crippen molar-refractivity contribution in [1.82, 2.24) is 28.7 Å². The van der Waals surface area contributed by atoms with Crippen molar-refractivity contribution >= 4 is 87.0 Å². The van der Waals surface area contributed by atoms with E-state index in [0.717, 1.165) is 65.6 Å². The molecule has 13 rings (SSSR count). The van der Waals surface area contributed by atoms with E-state index >= 15 is 0 Å². The van der Waals surface area contributed by atoms with Crippen molar-refractivity contribution in [3.8, 4) is 29.0 Å². The van der Waals surface area contributed by atoms with Crippen LogP contribution in [0.25, 0.3) is 116 Å². The monoisotopic (exact) mass is 804 g/mol. The summed E-state index contributed by atoms with van der Waals surface area (Å²) in [7, 11) is 0. The van der Waals surface area contributed by atoms with Gasteiger partial charge in [-0.05, 0) is 70.1 Å². The molecule has 0 radical (unpaired) electrons. The van der Waals surface area contributed by atoms with Gasteiger partial charge in [0.15, 0.2) is 5.82 Å². The topological polar surface area (TPSA) is 53.5 Å². The fourth-order valence-electron chi connectivity index (χ4n) is 9.83. The average Bonchev–Trinajstić information content (AvgIpc) is 3.88. The Morgan fingerprint density at radius 2 is 0.556 bits per heavy atom. The first kappa shape index (κ1) is 35.2. The lowest BCUT2D eigenvalue weighted by Crippen LogP contribution is -2.11. The molecule has 0 fully saturated rings. The maximum atomic E-state index is 5.55. The molecule has 4 aromatic heterocycles. The van der Waals surface area contributed by atoms with E-state index in [1.807, 2.05) is 18.2 Å². The van der Waals surface area contributed by atoms with Gasteiger partial charge in [0.2, 0.25) is 11.9 Å². The minimum atomic E-state index is 0.517. The highest BCUT2D eigenvalue weighted by molar-refractivity contribution is 6.19. The summed E-state index contributed by atoms with van der Waals surface area (Å²) < 4.78 is 6.81. The molecule has 0 spiro atoms. The first-order valence-corrected chi connectivity index (χ1v) is 21.3. The zero-order valence-electron chi connectivity index (χ0n) is 34.0. The number of aromatic nitrogens is 6. The van der Waals surface area contributed by atoms with Crippen molar-refractivity contribution in [3.63, 3.8) is 0 Å². The molecule has 0 amide bonds. The lowest BCUT2D eigenvalue weighted by atomic mass is 10.0. The standard InChI is InChI=1S/C57H36N6/c1-2-18-37(19-3-1)55-58-56(62-51-31-15-8-24-43(51)41-22-6-4-20-39(41)40-21-5-7-23-42(40)44-25-9-16-32-52(44)62)60-57(59-55)63-53-33-17-12-28-47(53)48-36-38(34-35-54(48)63)61-49-29-13-10-26-45(49)46-27-11-14-30-50(46)61/h1-36H. The van der Waals surface area contributed by atoms with Crippen LogP contribution < -0.4 is 0 Å². The van der Waals surface area contributed by atoms with E-state index < -0.39 is 0 Å². The molecule has 0 saturated carbocycles. The molecule has 294 valence electrons. The van der Waals surface area contributed by atoms with Crippen LogP contribution in [-0.2, 0) is 0 Å². The number of fused-ring (bicyclic) bond motifs is 13. The SMILES string of the molecule is c1ccc(-c2nc(-n3c4ccccc4c4ccccc4c4ccccc4c4ccccc43)nc(-n3c4ccccc4c4cc(-n5c6ccccc6c6ccccc65)ccc43)n2)cc1. The van der Waals surface area contributed by atoms with E-state index in [9.17, 15) is 0 Å². The van der Waals surface area contributed by atoms with Crippen LogP contribution in [0.4, 0.5) is 0 Å². The van der Waals surface area contributed by atoms with Crippen molar-refractivity contribution in [3.05, 3.63) is 218 Å². The van der Waals surface area contributed by atoms with Crippen LogP contribution in [-0.4, -0.2) is 28.7 Å². The Balaban J connectivity index is 1.16. The van der Waals surface area contributed by atoms with E-state index in [2.05, 4.69) is 214 Å². The normalized spacial score (nSPS) is 11.8. The van der Waals surface area contributed by atoms with Gasteiger partial charge in [-0.15, -0.1) is 0 Å². The van der Waals surface area contributed by atoms with Crippen LogP contribution in [0.1, 0.15) is 0 Å². The number of rotatable bonds is 4. The first-order chi connectivity index (χ1) is 31.3. The lowest BCUT2D eigenvalue weighted by Gasteiger charge is -2.15. The molecule has 0 unspecified atom stereocenters. The van der Waals surface area contributed by atoms with Gasteiger partial charge in [0, 0.05) is 43.6 Å². The summed E-state index contributed by atoms with van der Waals surface area (Å²) in [4.78, 5) is 16.3. The zero-order valence-corrected chi connectivity index (χ0v) is 34.0. The summed E-state index contributed by atoms with van der Waals surface area (Å²) in [5.74, 6) is 1.63. The molecule has 13 aromatic rings. The van der Waals surface area contributed by atoms with Gasteiger partial charge >= 0.3 is 0 Å². The first-order valence-electron chi connectivity index (χ1n) is 21.3. The van der Waals surface area contributed by atoms with Gasteiger partial charge in [0.05, 0.1) is 33.1 Å². The summed E-state index contributed by atoms with van der Waals surface area (Å²) in [5, 5.41) is 11.5. The van der Waals surface area contributed by atoms with Crippen molar-refractivity contribution in [1.29, 1.82) is 0 Å². The van der Waals surface area contributed by atoms with Crippen LogP contribution in [0.15, 0.2) is 218 Å². The van der Waals surface area contributed by atoms with Gasteiger partial charge in [-0.3, -0.25) is 9.13 Å². The molecule has 0 aliphatic carbocycles. The Morgan fingerprint density at radius 1 is 0.238 bits per heavy atom. The van der Waals surface area contributed by atoms with E-state index in [4.69, 9.17) is 15.0 Å². The minimum absolute atomic E-state index is 0.517. The smallest absolute Gasteiger partial charge is 0.240 e. The fraction of sp³-hybridized carbons (Fsp3) is 0. The predicted octanol–water partition coefficient (Wildman–Crippen LogP) is 14.3. The largest absolute Gasteiger partial charge is 0.309 e. The molecule has 63 heavy (non-hydrogen) atoms. The molecular formula is C57H36N6. The fourth-order valence-corrected chi connectivity index (χ4v) is 9.83. The summed E-state index contributed by atoms with van der Waals surface area (Å²) in [6.45, 7) is 0. The Bertz CT molecular complexity index is 3890. The summed E-state index contributed by atoms with van der Waals surface area (Å²) >= 11 is 0. The highest BCUT2D eigenvalue weighted by Crippen LogP contribution is 2.38. The highest BCUT2D eigenvalue weighted by atomic mass is 15.3. The number of hydrogen-bond donors (Lipinski definition) is 0. The summed E-state index contributed by atoms with van der Waals surface area (Å²) in [6.07, 6.45) is 0. The van der Waals surface area contributed by atoms with Gasteiger partial charge in [-0.1, -0.05) is 170 Å².